The van der Waals surface area contributed by atoms with Gasteiger partial charge in [0.15, 0.2) is 0 Å². The number of rotatable bonds is 0. The molecular formula is C8H14FN. The number of hydrogen-bond donors (Lipinski definition) is 1. The van der Waals surface area contributed by atoms with Crippen molar-refractivity contribution in [3.05, 3.63) is 0 Å². The highest BCUT2D eigenvalue weighted by molar-refractivity contribution is 4.93. The fourth-order valence-corrected chi connectivity index (χ4v) is 2.59. The number of fused-ring (bicyclic) bond motifs is 1. The van der Waals surface area contributed by atoms with Crippen LogP contribution in [0.3, 0.4) is 0 Å². The fourth-order valence-electron chi connectivity index (χ4n) is 2.59. The third kappa shape index (κ3) is 0.947. The normalized spacial score (nSPS) is 53.4. The van der Waals surface area contributed by atoms with Crippen LogP contribution in [0.2, 0.25) is 0 Å². The van der Waals surface area contributed by atoms with E-state index in [1.807, 2.05) is 0 Å². The number of hydrogen-bond acceptors (Lipinski definition) is 1. The van der Waals surface area contributed by atoms with Gasteiger partial charge in [-0.1, -0.05) is 0 Å². The molecule has 0 saturated heterocycles. The predicted molar refractivity (Wildman–Crippen MR) is 38.3 cm³/mol. The van der Waals surface area contributed by atoms with Gasteiger partial charge in [-0.2, -0.15) is 0 Å². The van der Waals surface area contributed by atoms with Gasteiger partial charge in [0.25, 0.3) is 0 Å². The molecule has 2 aliphatic rings. The lowest BCUT2D eigenvalue weighted by atomic mass is 10.0. The Morgan fingerprint density at radius 2 is 1.50 bits per heavy atom. The molecule has 0 aromatic heterocycles. The molecule has 0 amide bonds. The van der Waals surface area contributed by atoms with Gasteiger partial charge in [0, 0.05) is 6.04 Å². The van der Waals surface area contributed by atoms with Gasteiger partial charge in [-0.25, -0.2) is 4.39 Å². The third-order valence-corrected chi connectivity index (χ3v) is 2.99. The van der Waals surface area contributed by atoms with Gasteiger partial charge >= 0.3 is 0 Å². The Balaban J connectivity index is 2.00. The highest BCUT2D eigenvalue weighted by Gasteiger charge is 2.40. The Labute approximate surface area is 60.8 Å². The first-order valence-corrected chi connectivity index (χ1v) is 4.15. The summed E-state index contributed by atoms with van der Waals surface area (Å²) in [5.41, 5.74) is 5.75. The molecule has 0 spiro atoms. The van der Waals surface area contributed by atoms with E-state index in [9.17, 15) is 4.39 Å². The van der Waals surface area contributed by atoms with Gasteiger partial charge in [-0.05, 0) is 37.5 Å². The first-order valence-electron chi connectivity index (χ1n) is 4.15. The van der Waals surface area contributed by atoms with Crippen molar-refractivity contribution >= 4 is 0 Å². The monoisotopic (exact) mass is 143 g/mol. The van der Waals surface area contributed by atoms with Crippen LogP contribution in [0, 0.1) is 11.8 Å². The molecule has 58 valence electrons. The van der Waals surface area contributed by atoms with E-state index in [4.69, 9.17) is 5.73 Å². The molecule has 10 heavy (non-hydrogen) atoms. The zero-order chi connectivity index (χ0) is 7.14. The van der Waals surface area contributed by atoms with Gasteiger partial charge in [-0.3, -0.25) is 0 Å². The maximum atomic E-state index is 12.7. The van der Waals surface area contributed by atoms with E-state index >= 15 is 0 Å². The SMILES string of the molecule is NC1CC2CC(F)CC2C1. The Morgan fingerprint density at radius 1 is 1.00 bits per heavy atom. The highest BCUT2D eigenvalue weighted by atomic mass is 19.1. The van der Waals surface area contributed by atoms with Gasteiger partial charge in [-0.15, -0.1) is 0 Å². The number of halogens is 1. The van der Waals surface area contributed by atoms with Crippen LogP contribution in [0.5, 0.6) is 0 Å². The first kappa shape index (κ1) is 6.59. The molecule has 2 heteroatoms. The molecule has 0 radical (unpaired) electrons. The highest BCUT2D eigenvalue weighted by Crippen LogP contribution is 2.44. The van der Waals surface area contributed by atoms with E-state index in [0.717, 1.165) is 25.7 Å². The van der Waals surface area contributed by atoms with Crippen molar-refractivity contribution in [2.24, 2.45) is 17.6 Å². The van der Waals surface area contributed by atoms with Crippen molar-refractivity contribution in [3.8, 4) is 0 Å². The summed E-state index contributed by atoms with van der Waals surface area (Å²) in [6.07, 6.45) is 3.22. The summed E-state index contributed by atoms with van der Waals surface area (Å²) in [7, 11) is 0. The van der Waals surface area contributed by atoms with Crippen LogP contribution in [0.1, 0.15) is 25.7 Å². The van der Waals surface area contributed by atoms with E-state index < -0.39 is 6.17 Å². The molecule has 2 atom stereocenters. The maximum absolute atomic E-state index is 12.7. The van der Waals surface area contributed by atoms with Gasteiger partial charge in [0.2, 0.25) is 0 Å². The molecule has 2 fully saturated rings. The molecule has 2 N–H and O–H groups in total. The summed E-state index contributed by atoms with van der Waals surface area (Å²) in [6.45, 7) is 0. The predicted octanol–water partition coefficient (Wildman–Crippen LogP) is 1.47. The Bertz CT molecular complexity index is 109. The van der Waals surface area contributed by atoms with Crippen LogP contribution >= 0.6 is 0 Å². The Kier molecular flexibility index (Phi) is 1.44. The van der Waals surface area contributed by atoms with E-state index in [2.05, 4.69) is 0 Å². The fraction of sp³-hybridized carbons (Fsp3) is 1.00. The zero-order valence-corrected chi connectivity index (χ0v) is 6.09. The van der Waals surface area contributed by atoms with E-state index in [1.54, 1.807) is 0 Å². The summed E-state index contributed by atoms with van der Waals surface area (Å²) in [5.74, 6) is 1.26. The van der Waals surface area contributed by atoms with Crippen LogP contribution in [0.4, 0.5) is 4.39 Å². The van der Waals surface area contributed by atoms with Gasteiger partial charge < -0.3 is 5.73 Å². The average Bonchev–Trinajstić information content (AvgIpc) is 2.21. The van der Waals surface area contributed by atoms with E-state index in [1.165, 1.54) is 0 Å². The van der Waals surface area contributed by atoms with E-state index in [0.29, 0.717) is 17.9 Å². The van der Waals surface area contributed by atoms with Gasteiger partial charge in [0.1, 0.15) is 6.17 Å². The van der Waals surface area contributed by atoms with Crippen LogP contribution < -0.4 is 5.73 Å². The summed E-state index contributed by atoms with van der Waals surface area (Å²) in [4.78, 5) is 0. The minimum atomic E-state index is -0.512. The topological polar surface area (TPSA) is 26.0 Å². The molecule has 2 saturated carbocycles. The smallest absolute Gasteiger partial charge is 0.101 e. The van der Waals surface area contributed by atoms with Crippen molar-refractivity contribution in [1.29, 1.82) is 0 Å². The standard InChI is InChI=1S/C8H14FN/c9-7-1-5-3-8(10)4-6(5)2-7/h5-8H,1-4,10H2. The lowest BCUT2D eigenvalue weighted by Gasteiger charge is -2.03. The summed E-state index contributed by atoms with van der Waals surface area (Å²) < 4.78 is 12.7. The molecule has 1 nitrogen and oxygen atoms in total. The molecule has 0 aromatic rings. The third-order valence-electron chi connectivity index (χ3n) is 2.99. The Hall–Kier alpha value is -0.110. The van der Waals surface area contributed by atoms with E-state index in [-0.39, 0.29) is 0 Å². The quantitative estimate of drug-likeness (QED) is 0.546. The minimum Gasteiger partial charge on any atom is -0.328 e. The van der Waals surface area contributed by atoms with Crippen molar-refractivity contribution in [2.45, 2.75) is 37.9 Å². The summed E-state index contributed by atoms with van der Waals surface area (Å²) in [5, 5.41) is 0. The van der Waals surface area contributed by atoms with Crippen molar-refractivity contribution in [2.75, 3.05) is 0 Å². The minimum absolute atomic E-state index is 0.377. The Morgan fingerprint density at radius 3 is 2.00 bits per heavy atom. The molecule has 0 heterocycles. The average molecular weight is 143 g/mol. The lowest BCUT2D eigenvalue weighted by Crippen LogP contribution is -2.16. The van der Waals surface area contributed by atoms with Gasteiger partial charge in [0.05, 0.1) is 0 Å². The second-order valence-corrected chi connectivity index (χ2v) is 3.82. The van der Waals surface area contributed by atoms with Crippen molar-refractivity contribution in [1.82, 2.24) is 0 Å². The number of alkyl halides is 1. The first-order chi connectivity index (χ1) is 4.75. The molecule has 0 aliphatic heterocycles. The maximum Gasteiger partial charge on any atom is 0.101 e. The second kappa shape index (κ2) is 2.19. The summed E-state index contributed by atoms with van der Waals surface area (Å²) >= 11 is 0. The van der Waals surface area contributed by atoms with Crippen LogP contribution in [-0.4, -0.2) is 12.2 Å². The zero-order valence-electron chi connectivity index (χ0n) is 6.09. The largest absolute Gasteiger partial charge is 0.328 e. The van der Waals surface area contributed by atoms with Crippen molar-refractivity contribution < 1.29 is 4.39 Å². The van der Waals surface area contributed by atoms with Crippen LogP contribution in [-0.2, 0) is 0 Å². The number of nitrogens with two attached hydrogens (primary N) is 1. The molecule has 0 aromatic carbocycles. The summed E-state index contributed by atoms with van der Waals surface area (Å²) in [6, 6.07) is 0.377. The molecule has 0 bridgehead atoms. The lowest BCUT2D eigenvalue weighted by molar-refractivity contribution is 0.318. The van der Waals surface area contributed by atoms with Crippen LogP contribution in [0.25, 0.3) is 0 Å². The van der Waals surface area contributed by atoms with Crippen LogP contribution in [0.15, 0.2) is 0 Å². The molecule has 2 unspecified atom stereocenters. The molecule has 2 rings (SSSR count). The molecule has 2 aliphatic carbocycles. The van der Waals surface area contributed by atoms with Crippen molar-refractivity contribution in [3.63, 3.8) is 0 Å². The second-order valence-electron chi connectivity index (χ2n) is 3.82. The molecular weight excluding hydrogens is 129 g/mol.